The van der Waals surface area contributed by atoms with Gasteiger partial charge < -0.3 is 9.47 Å². The Morgan fingerprint density at radius 1 is 0.909 bits per heavy atom. The van der Waals surface area contributed by atoms with Crippen LogP contribution in [-0.4, -0.2) is 18.3 Å². The smallest absolute Gasteiger partial charge is 0.298 e. The van der Waals surface area contributed by atoms with Gasteiger partial charge in [-0.3, -0.25) is 9.59 Å². The van der Waals surface area contributed by atoms with Gasteiger partial charge in [0.25, 0.3) is 11.1 Å². The number of anilines is 1. The predicted molar refractivity (Wildman–Crippen MR) is 134 cm³/mol. The van der Waals surface area contributed by atoms with Crippen LogP contribution < -0.4 is 14.4 Å². The number of imide groups is 1. The molecule has 3 aromatic carbocycles. The quantitative estimate of drug-likeness (QED) is 0.315. The Hall–Kier alpha value is -2.64. The van der Waals surface area contributed by atoms with Gasteiger partial charge in [0.15, 0.2) is 11.5 Å². The molecule has 33 heavy (non-hydrogen) atoms. The lowest BCUT2D eigenvalue weighted by Crippen LogP contribution is -2.27. The number of carbonyl (C=O) groups is 2. The second-order valence-electron chi connectivity index (χ2n) is 6.94. The zero-order valence-corrected chi connectivity index (χ0v) is 20.3. The number of carbonyl (C=O) groups excluding carboxylic acids is 2. The first-order valence-electron chi connectivity index (χ1n) is 9.64. The van der Waals surface area contributed by atoms with Crippen LogP contribution in [0.4, 0.5) is 10.5 Å². The first-order valence-corrected chi connectivity index (χ1v) is 11.6. The highest BCUT2D eigenvalue weighted by atomic mass is 35.5. The molecule has 0 aromatic heterocycles. The van der Waals surface area contributed by atoms with Crippen LogP contribution in [-0.2, 0) is 11.4 Å². The second kappa shape index (κ2) is 10.1. The molecule has 0 aliphatic carbocycles. The van der Waals surface area contributed by atoms with Crippen molar-refractivity contribution in [1.29, 1.82) is 0 Å². The fraction of sp³-hybridized carbons (Fsp3) is 0.0833. The summed E-state index contributed by atoms with van der Waals surface area (Å²) in [5, 5.41) is 1.08. The van der Waals surface area contributed by atoms with Crippen molar-refractivity contribution in [1.82, 2.24) is 0 Å². The van der Waals surface area contributed by atoms with E-state index < -0.39 is 5.91 Å². The summed E-state index contributed by atoms with van der Waals surface area (Å²) < 4.78 is 11.3. The molecule has 1 heterocycles. The minimum atomic E-state index is -0.397. The number of amides is 2. The number of nitrogens with zero attached hydrogens (tertiary/aromatic N) is 1. The topological polar surface area (TPSA) is 55.8 Å². The Bertz CT molecular complexity index is 1260. The van der Waals surface area contributed by atoms with Crippen LogP contribution in [0.25, 0.3) is 6.08 Å². The molecular weight excluding hydrogens is 505 g/mol. The largest absolute Gasteiger partial charge is 0.493 e. The number of halogens is 3. The molecule has 2 amide bonds. The summed E-state index contributed by atoms with van der Waals surface area (Å²) in [7, 11) is 1.53. The van der Waals surface area contributed by atoms with E-state index in [1.165, 1.54) is 7.11 Å². The maximum atomic E-state index is 12.8. The van der Waals surface area contributed by atoms with Gasteiger partial charge in [-0.1, -0.05) is 46.9 Å². The number of benzene rings is 3. The third-order valence-corrected chi connectivity index (χ3v) is 6.60. The number of rotatable bonds is 6. The van der Waals surface area contributed by atoms with Crippen molar-refractivity contribution in [3.63, 3.8) is 0 Å². The van der Waals surface area contributed by atoms with Crippen LogP contribution in [0.5, 0.6) is 11.5 Å². The average molecular weight is 521 g/mol. The highest BCUT2D eigenvalue weighted by Gasteiger charge is 2.36. The fourth-order valence-corrected chi connectivity index (χ4v) is 4.40. The van der Waals surface area contributed by atoms with Crippen molar-refractivity contribution in [3.8, 4) is 11.5 Å². The summed E-state index contributed by atoms with van der Waals surface area (Å²) in [6.07, 6.45) is 1.64. The molecule has 9 heteroatoms. The van der Waals surface area contributed by atoms with Gasteiger partial charge in [-0.15, -0.1) is 0 Å². The third-order valence-electron chi connectivity index (χ3n) is 4.74. The first kappa shape index (κ1) is 23.5. The number of ether oxygens (including phenoxy) is 2. The number of thioether (sulfide) groups is 1. The molecule has 0 atom stereocenters. The maximum absolute atomic E-state index is 12.8. The second-order valence-corrected chi connectivity index (χ2v) is 9.18. The van der Waals surface area contributed by atoms with Crippen LogP contribution >= 0.6 is 46.6 Å². The van der Waals surface area contributed by atoms with E-state index in [0.717, 1.165) is 22.2 Å². The molecule has 168 valence electrons. The Labute approximate surface area is 209 Å². The van der Waals surface area contributed by atoms with E-state index in [2.05, 4.69) is 0 Å². The molecule has 0 unspecified atom stereocenters. The highest BCUT2D eigenvalue weighted by molar-refractivity contribution is 8.19. The summed E-state index contributed by atoms with van der Waals surface area (Å²) in [5.41, 5.74) is 2.01. The summed E-state index contributed by atoms with van der Waals surface area (Å²) in [6.45, 7) is 0.270. The van der Waals surface area contributed by atoms with Gasteiger partial charge in [-0.25, -0.2) is 4.90 Å². The van der Waals surface area contributed by atoms with E-state index in [4.69, 9.17) is 44.3 Å². The number of hydrogen-bond acceptors (Lipinski definition) is 5. The van der Waals surface area contributed by atoms with E-state index in [0.29, 0.717) is 42.7 Å². The molecule has 1 aliphatic heterocycles. The van der Waals surface area contributed by atoms with Gasteiger partial charge in [0, 0.05) is 5.02 Å². The van der Waals surface area contributed by atoms with Crippen molar-refractivity contribution < 1.29 is 19.1 Å². The van der Waals surface area contributed by atoms with Crippen LogP contribution in [0.15, 0.2) is 65.6 Å². The average Bonchev–Trinajstić information content (AvgIpc) is 3.08. The van der Waals surface area contributed by atoms with Gasteiger partial charge in [0.1, 0.15) is 6.61 Å². The minimum Gasteiger partial charge on any atom is -0.493 e. The van der Waals surface area contributed by atoms with Crippen molar-refractivity contribution in [3.05, 3.63) is 91.8 Å². The van der Waals surface area contributed by atoms with Gasteiger partial charge in [0.2, 0.25) is 0 Å². The SMILES string of the molecule is COc1cc(/C=C2/SC(=O)N(c3ccc(Cl)cc3)C2=O)ccc1OCc1ccc(Cl)c(Cl)c1. The molecule has 0 N–H and O–H groups in total. The number of methoxy groups -OCH3 is 1. The zero-order valence-electron chi connectivity index (χ0n) is 17.2. The van der Waals surface area contributed by atoms with E-state index in [-0.39, 0.29) is 11.8 Å². The van der Waals surface area contributed by atoms with Gasteiger partial charge in [-0.2, -0.15) is 0 Å². The van der Waals surface area contributed by atoms with E-state index in [1.807, 2.05) is 6.07 Å². The zero-order chi connectivity index (χ0) is 23.5. The summed E-state index contributed by atoms with van der Waals surface area (Å²) in [5.74, 6) is 0.613. The van der Waals surface area contributed by atoms with Crippen LogP contribution in [0.2, 0.25) is 15.1 Å². The van der Waals surface area contributed by atoms with Crippen LogP contribution in [0, 0.1) is 0 Å². The molecule has 0 saturated carbocycles. The van der Waals surface area contributed by atoms with Gasteiger partial charge in [-0.05, 0) is 77.5 Å². The van der Waals surface area contributed by atoms with Crippen molar-refractivity contribution in [2.75, 3.05) is 12.0 Å². The lowest BCUT2D eigenvalue weighted by atomic mass is 10.1. The maximum Gasteiger partial charge on any atom is 0.298 e. The lowest BCUT2D eigenvalue weighted by molar-refractivity contribution is -0.113. The summed E-state index contributed by atoms with van der Waals surface area (Å²) >= 11 is 18.8. The number of hydrogen-bond donors (Lipinski definition) is 0. The van der Waals surface area contributed by atoms with Gasteiger partial charge >= 0.3 is 0 Å². The van der Waals surface area contributed by atoms with E-state index in [1.54, 1.807) is 60.7 Å². The molecule has 1 aliphatic rings. The molecule has 1 fully saturated rings. The normalized spacial score (nSPS) is 14.8. The molecule has 0 bridgehead atoms. The highest BCUT2D eigenvalue weighted by Crippen LogP contribution is 2.37. The Morgan fingerprint density at radius 2 is 1.67 bits per heavy atom. The molecule has 1 saturated heterocycles. The summed E-state index contributed by atoms with van der Waals surface area (Å²) in [4.78, 5) is 26.7. The fourth-order valence-electron chi connectivity index (χ4n) is 3.12. The first-order chi connectivity index (χ1) is 15.9. The summed E-state index contributed by atoms with van der Waals surface area (Å²) in [6, 6.07) is 17.1. The Kier molecular flexibility index (Phi) is 7.20. The molecule has 3 aromatic rings. The minimum absolute atomic E-state index is 0.270. The van der Waals surface area contributed by atoms with Crippen molar-refractivity contribution in [2.45, 2.75) is 6.61 Å². The van der Waals surface area contributed by atoms with E-state index in [9.17, 15) is 9.59 Å². The van der Waals surface area contributed by atoms with Gasteiger partial charge in [0.05, 0.1) is 27.7 Å². The third kappa shape index (κ3) is 5.31. The molecule has 0 radical (unpaired) electrons. The predicted octanol–water partition coefficient (Wildman–Crippen LogP) is 7.48. The van der Waals surface area contributed by atoms with Crippen molar-refractivity contribution in [2.24, 2.45) is 0 Å². The lowest BCUT2D eigenvalue weighted by Gasteiger charge is -2.12. The molecular formula is C24H16Cl3NO4S. The van der Waals surface area contributed by atoms with E-state index >= 15 is 0 Å². The van der Waals surface area contributed by atoms with Crippen molar-refractivity contribution >= 4 is 69.5 Å². The monoisotopic (exact) mass is 519 g/mol. The standard InChI is InChI=1S/C24H16Cl3NO4S/c1-31-21-11-14(3-9-20(21)32-13-15-2-8-18(26)19(27)10-15)12-22-23(29)28(24(30)33-22)17-6-4-16(25)5-7-17/h2-12H,13H2,1H3/b22-12+. The Balaban J connectivity index is 1.52. The Morgan fingerprint density at radius 3 is 2.36 bits per heavy atom. The molecule has 5 nitrogen and oxygen atoms in total. The van der Waals surface area contributed by atoms with Crippen LogP contribution in [0.1, 0.15) is 11.1 Å². The molecule has 4 rings (SSSR count). The molecule has 0 spiro atoms. The van der Waals surface area contributed by atoms with Crippen LogP contribution in [0.3, 0.4) is 0 Å².